The molecular formula is C14H10Cl2F2N2O3. The summed E-state index contributed by atoms with van der Waals surface area (Å²) in [5.41, 5.74) is 4.00. The summed E-state index contributed by atoms with van der Waals surface area (Å²) in [5.74, 6) is -3.46. The first-order chi connectivity index (χ1) is 10.7. The van der Waals surface area contributed by atoms with E-state index in [0.717, 1.165) is 6.07 Å². The Kier molecular flexibility index (Phi) is 4.63. The molecule has 0 saturated heterocycles. The molecule has 0 fully saturated rings. The smallest absolute Gasteiger partial charge is 0.356 e. The lowest BCUT2D eigenvalue weighted by atomic mass is 10.0. The maximum Gasteiger partial charge on any atom is 0.356 e. The fraction of sp³-hybridized carbons (Fsp3) is 0.143. The van der Waals surface area contributed by atoms with Crippen LogP contribution < -0.4 is 10.5 Å². The number of hydrogen-bond acceptors (Lipinski definition) is 4. The van der Waals surface area contributed by atoms with Gasteiger partial charge in [-0.25, -0.2) is 18.6 Å². The summed E-state index contributed by atoms with van der Waals surface area (Å²) < 4.78 is 33.3. The van der Waals surface area contributed by atoms with Gasteiger partial charge in [-0.15, -0.1) is 0 Å². The molecule has 0 spiro atoms. The highest BCUT2D eigenvalue weighted by Gasteiger charge is 2.25. The molecule has 0 aliphatic carbocycles. The molecule has 5 nitrogen and oxygen atoms in total. The molecule has 1 aromatic carbocycles. The highest BCUT2D eigenvalue weighted by molar-refractivity contribution is 6.35. The third kappa shape index (κ3) is 2.77. The Hall–Kier alpha value is -2.12. The van der Waals surface area contributed by atoms with Gasteiger partial charge in [0.1, 0.15) is 22.3 Å². The van der Waals surface area contributed by atoms with Crippen molar-refractivity contribution in [3.8, 4) is 17.0 Å². The SMILES string of the molecule is COc1c(C)c(-c2nc(C(=O)O)c(Cl)c(N)c2F)cc(F)c1Cl. The molecule has 0 bridgehead atoms. The van der Waals surface area contributed by atoms with Crippen molar-refractivity contribution in [1.29, 1.82) is 0 Å². The van der Waals surface area contributed by atoms with E-state index in [1.165, 1.54) is 14.0 Å². The van der Waals surface area contributed by atoms with Crippen molar-refractivity contribution < 1.29 is 23.4 Å². The number of carbonyl (C=O) groups is 1. The molecule has 0 radical (unpaired) electrons. The normalized spacial score (nSPS) is 10.7. The van der Waals surface area contributed by atoms with E-state index >= 15 is 0 Å². The van der Waals surface area contributed by atoms with Gasteiger partial charge in [-0.1, -0.05) is 23.2 Å². The first kappa shape index (κ1) is 17.2. The van der Waals surface area contributed by atoms with Gasteiger partial charge in [0.25, 0.3) is 0 Å². The summed E-state index contributed by atoms with van der Waals surface area (Å²) in [6.07, 6.45) is 0. The number of carboxylic acid groups (broad SMARTS) is 1. The lowest BCUT2D eigenvalue weighted by Crippen LogP contribution is -2.09. The van der Waals surface area contributed by atoms with Crippen LogP contribution in [0.1, 0.15) is 16.1 Å². The number of pyridine rings is 1. The number of nitrogen functional groups attached to an aromatic ring is 1. The Morgan fingerprint density at radius 2 is 1.96 bits per heavy atom. The number of aromatic nitrogens is 1. The van der Waals surface area contributed by atoms with Gasteiger partial charge < -0.3 is 15.6 Å². The molecule has 3 N–H and O–H groups in total. The molecule has 0 aliphatic heterocycles. The second-order valence-electron chi connectivity index (χ2n) is 4.53. The lowest BCUT2D eigenvalue weighted by molar-refractivity contribution is 0.0691. The number of anilines is 1. The predicted octanol–water partition coefficient (Wildman–Crippen LogP) is 3.93. The van der Waals surface area contributed by atoms with Crippen LogP contribution in [-0.4, -0.2) is 23.2 Å². The van der Waals surface area contributed by atoms with Gasteiger partial charge in [-0.05, 0) is 13.0 Å². The van der Waals surface area contributed by atoms with E-state index in [1.807, 2.05) is 0 Å². The molecule has 122 valence electrons. The van der Waals surface area contributed by atoms with Gasteiger partial charge in [0, 0.05) is 11.1 Å². The highest BCUT2D eigenvalue weighted by Crippen LogP contribution is 2.40. The molecular weight excluding hydrogens is 353 g/mol. The molecule has 0 saturated carbocycles. The molecule has 23 heavy (non-hydrogen) atoms. The average Bonchev–Trinajstić information content (AvgIpc) is 2.49. The summed E-state index contributed by atoms with van der Waals surface area (Å²) in [4.78, 5) is 14.8. The number of ether oxygens (including phenoxy) is 1. The highest BCUT2D eigenvalue weighted by atomic mass is 35.5. The van der Waals surface area contributed by atoms with Gasteiger partial charge in [0.15, 0.2) is 11.5 Å². The summed E-state index contributed by atoms with van der Waals surface area (Å²) >= 11 is 11.5. The summed E-state index contributed by atoms with van der Waals surface area (Å²) in [6.45, 7) is 1.49. The van der Waals surface area contributed by atoms with Crippen LogP contribution in [0.2, 0.25) is 10.0 Å². The van der Waals surface area contributed by atoms with Gasteiger partial charge in [0.05, 0.1) is 17.8 Å². The number of nitrogens with two attached hydrogens (primary N) is 1. The van der Waals surface area contributed by atoms with Crippen LogP contribution in [0, 0.1) is 18.6 Å². The first-order valence-electron chi connectivity index (χ1n) is 6.11. The van der Waals surface area contributed by atoms with E-state index in [2.05, 4.69) is 4.98 Å². The molecule has 2 rings (SSSR count). The zero-order valence-electron chi connectivity index (χ0n) is 11.9. The molecule has 0 atom stereocenters. The monoisotopic (exact) mass is 362 g/mol. The molecule has 0 amide bonds. The maximum absolute atomic E-state index is 14.4. The fourth-order valence-electron chi connectivity index (χ4n) is 2.06. The molecule has 1 heterocycles. The van der Waals surface area contributed by atoms with E-state index in [-0.39, 0.29) is 21.9 Å². The van der Waals surface area contributed by atoms with E-state index < -0.39 is 39.7 Å². The number of carboxylic acids is 1. The molecule has 2 aromatic rings. The van der Waals surface area contributed by atoms with Crippen molar-refractivity contribution in [1.82, 2.24) is 4.98 Å². The zero-order valence-corrected chi connectivity index (χ0v) is 13.4. The quantitative estimate of drug-likeness (QED) is 0.863. The van der Waals surface area contributed by atoms with Crippen molar-refractivity contribution in [2.24, 2.45) is 0 Å². The number of methoxy groups -OCH3 is 1. The van der Waals surface area contributed by atoms with Crippen LogP contribution in [0.25, 0.3) is 11.3 Å². The van der Waals surface area contributed by atoms with Crippen molar-refractivity contribution >= 4 is 34.9 Å². The molecule has 1 aromatic heterocycles. The Morgan fingerprint density at radius 3 is 2.48 bits per heavy atom. The van der Waals surface area contributed by atoms with Gasteiger partial charge in [-0.2, -0.15) is 0 Å². The molecule has 9 heteroatoms. The number of aromatic carboxylic acids is 1. The minimum atomic E-state index is -1.50. The number of nitrogens with zero attached hydrogens (tertiary/aromatic N) is 1. The lowest BCUT2D eigenvalue weighted by Gasteiger charge is -2.15. The van der Waals surface area contributed by atoms with E-state index in [9.17, 15) is 13.6 Å². The molecule has 0 aliphatic rings. The Bertz CT molecular complexity index is 829. The van der Waals surface area contributed by atoms with Crippen LogP contribution >= 0.6 is 23.2 Å². The third-order valence-electron chi connectivity index (χ3n) is 3.20. The third-order valence-corrected chi connectivity index (χ3v) is 3.93. The topological polar surface area (TPSA) is 85.4 Å². The van der Waals surface area contributed by atoms with Crippen molar-refractivity contribution in [3.63, 3.8) is 0 Å². The summed E-state index contributed by atoms with van der Waals surface area (Å²) in [6, 6.07) is 0.921. The number of rotatable bonds is 3. The maximum atomic E-state index is 14.4. The number of hydrogen-bond donors (Lipinski definition) is 2. The average molecular weight is 363 g/mol. The number of halogens is 4. The Labute approximate surface area is 139 Å². The Balaban J connectivity index is 2.88. The van der Waals surface area contributed by atoms with E-state index in [1.54, 1.807) is 0 Å². The van der Waals surface area contributed by atoms with Gasteiger partial charge >= 0.3 is 5.97 Å². The van der Waals surface area contributed by atoms with Crippen LogP contribution in [-0.2, 0) is 0 Å². The van der Waals surface area contributed by atoms with Crippen molar-refractivity contribution in [2.45, 2.75) is 6.92 Å². The molecule has 0 unspecified atom stereocenters. The summed E-state index contributed by atoms with van der Waals surface area (Å²) in [5, 5.41) is 8.26. The summed E-state index contributed by atoms with van der Waals surface area (Å²) in [7, 11) is 1.26. The van der Waals surface area contributed by atoms with Gasteiger partial charge in [-0.3, -0.25) is 0 Å². The Morgan fingerprint density at radius 1 is 1.35 bits per heavy atom. The van der Waals surface area contributed by atoms with E-state index in [0.29, 0.717) is 0 Å². The van der Waals surface area contributed by atoms with Crippen LogP contribution in [0.15, 0.2) is 6.07 Å². The zero-order chi connectivity index (χ0) is 17.5. The largest absolute Gasteiger partial charge is 0.495 e. The van der Waals surface area contributed by atoms with Crippen molar-refractivity contribution in [3.05, 3.63) is 39.0 Å². The van der Waals surface area contributed by atoms with Crippen LogP contribution in [0.5, 0.6) is 5.75 Å². The second-order valence-corrected chi connectivity index (χ2v) is 5.29. The fourth-order valence-corrected chi connectivity index (χ4v) is 2.54. The second kappa shape index (κ2) is 6.17. The first-order valence-corrected chi connectivity index (χ1v) is 6.87. The number of benzene rings is 1. The van der Waals surface area contributed by atoms with E-state index in [4.69, 9.17) is 38.8 Å². The van der Waals surface area contributed by atoms with Crippen LogP contribution in [0.4, 0.5) is 14.5 Å². The predicted molar refractivity (Wildman–Crippen MR) is 82.3 cm³/mol. The minimum absolute atomic E-state index is 0.0201. The van der Waals surface area contributed by atoms with Crippen LogP contribution in [0.3, 0.4) is 0 Å². The van der Waals surface area contributed by atoms with Gasteiger partial charge in [0.2, 0.25) is 0 Å². The van der Waals surface area contributed by atoms with Crippen molar-refractivity contribution in [2.75, 3.05) is 12.8 Å². The standard InChI is InChI=1S/C14H10Cl2F2N2O3/c1-4-5(3-6(17)7(15)13(4)23-2)11-9(18)10(19)8(16)12(20-11)14(21)22/h3H,1-2H3,(H2,19,20)(H,21,22). The minimum Gasteiger partial charge on any atom is -0.495 e.